The molecule has 0 unspecified atom stereocenters. The first-order chi connectivity index (χ1) is 16.2. The standard InChI is InChI=1S/C24H31FN4O4/c25-19-1-2-22(31-12-17-5-8-30-11-17)21(9-19)18-3-6-28(7-4-18)20-10-24(33-13-20)14-29(15-24)23-27-26-16-32-23/h1-2,9,16-18,20H,3-8,10-15H2/t17-,20-/m0/s1. The number of piperidine rings is 1. The fourth-order valence-electron chi connectivity index (χ4n) is 5.83. The summed E-state index contributed by atoms with van der Waals surface area (Å²) in [5.74, 6) is 1.40. The molecule has 1 spiro atoms. The maximum atomic E-state index is 14.1. The van der Waals surface area contributed by atoms with Crippen LogP contribution in [0, 0.1) is 11.7 Å². The number of likely N-dealkylation sites (tertiary alicyclic amines) is 1. The number of rotatable bonds is 6. The van der Waals surface area contributed by atoms with Gasteiger partial charge in [0.15, 0.2) is 0 Å². The molecule has 1 aromatic carbocycles. The number of nitrogens with zero attached hydrogens (tertiary/aromatic N) is 4. The zero-order valence-electron chi connectivity index (χ0n) is 18.8. The summed E-state index contributed by atoms with van der Waals surface area (Å²) >= 11 is 0. The molecule has 4 aliphatic heterocycles. The van der Waals surface area contributed by atoms with Crippen molar-refractivity contribution in [3.05, 3.63) is 36.0 Å². The van der Waals surface area contributed by atoms with E-state index >= 15 is 0 Å². The van der Waals surface area contributed by atoms with Crippen LogP contribution in [0.5, 0.6) is 5.75 Å². The van der Waals surface area contributed by atoms with Crippen molar-refractivity contribution in [1.29, 1.82) is 0 Å². The zero-order chi connectivity index (χ0) is 22.3. The Morgan fingerprint density at radius 1 is 1.15 bits per heavy atom. The maximum Gasteiger partial charge on any atom is 0.318 e. The monoisotopic (exact) mass is 458 g/mol. The van der Waals surface area contributed by atoms with Crippen molar-refractivity contribution in [2.45, 2.75) is 43.2 Å². The smallest absolute Gasteiger partial charge is 0.318 e. The Bertz CT molecular complexity index is 938. The van der Waals surface area contributed by atoms with Gasteiger partial charge >= 0.3 is 6.01 Å². The van der Waals surface area contributed by atoms with Crippen LogP contribution in [-0.4, -0.2) is 79.3 Å². The van der Waals surface area contributed by atoms with E-state index in [1.807, 2.05) is 0 Å². The van der Waals surface area contributed by atoms with Gasteiger partial charge < -0.3 is 23.5 Å². The minimum Gasteiger partial charge on any atom is -0.493 e. The molecule has 0 saturated carbocycles. The van der Waals surface area contributed by atoms with Crippen molar-refractivity contribution >= 4 is 6.01 Å². The summed E-state index contributed by atoms with van der Waals surface area (Å²) in [6.45, 7) is 6.57. The highest BCUT2D eigenvalue weighted by atomic mass is 19.1. The highest BCUT2D eigenvalue weighted by Gasteiger charge is 2.52. The van der Waals surface area contributed by atoms with Crippen LogP contribution < -0.4 is 9.64 Å². The van der Waals surface area contributed by atoms with Crippen molar-refractivity contribution in [2.24, 2.45) is 5.92 Å². The van der Waals surface area contributed by atoms with Gasteiger partial charge in [-0.2, -0.15) is 0 Å². The minimum atomic E-state index is -0.189. The quantitative estimate of drug-likeness (QED) is 0.655. The second-order valence-corrected chi connectivity index (χ2v) is 9.96. The molecule has 4 fully saturated rings. The molecule has 6 rings (SSSR count). The molecule has 2 aromatic rings. The van der Waals surface area contributed by atoms with Crippen molar-refractivity contribution in [3.8, 4) is 5.75 Å². The Kier molecular flexibility index (Phi) is 5.72. The summed E-state index contributed by atoms with van der Waals surface area (Å²) < 4.78 is 37.2. The Morgan fingerprint density at radius 3 is 2.79 bits per heavy atom. The molecule has 4 aliphatic rings. The topological polar surface area (TPSA) is 73.1 Å². The second kappa shape index (κ2) is 8.85. The highest BCUT2D eigenvalue weighted by molar-refractivity contribution is 5.37. The van der Waals surface area contributed by atoms with Crippen LogP contribution in [0.1, 0.15) is 37.2 Å². The Morgan fingerprint density at radius 2 is 2.03 bits per heavy atom. The van der Waals surface area contributed by atoms with Crippen molar-refractivity contribution < 1.29 is 23.0 Å². The van der Waals surface area contributed by atoms with Crippen LogP contribution in [0.15, 0.2) is 29.0 Å². The number of benzene rings is 1. The van der Waals surface area contributed by atoms with Gasteiger partial charge in [-0.15, -0.1) is 5.10 Å². The van der Waals surface area contributed by atoms with Crippen LogP contribution >= 0.6 is 0 Å². The average Bonchev–Trinajstić information content (AvgIpc) is 3.59. The number of ether oxygens (including phenoxy) is 3. The van der Waals surface area contributed by atoms with Gasteiger partial charge in [-0.05, 0) is 62.9 Å². The lowest BCUT2D eigenvalue weighted by atomic mass is 9.86. The molecule has 0 aliphatic carbocycles. The molecule has 5 heterocycles. The zero-order valence-corrected chi connectivity index (χ0v) is 18.8. The first-order valence-electron chi connectivity index (χ1n) is 12.1. The van der Waals surface area contributed by atoms with E-state index in [9.17, 15) is 4.39 Å². The lowest BCUT2D eigenvalue weighted by Gasteiger charge is -2.46. The molecule has 2 atom stereocenters. The van der Waals surface area contributed by atoms with Crippen molar-refractivity contribution in [2.75, 3.05) is 57.5 Å². The van der Waals surface area contributed by atoms with Gasteiger partial charge in [-0.1, -0.05) is 5.10 Å². The minimum absolute atomic E-state index is 0.0937. The van der Waals surface area contributed by atoms with Gasteiger partial charge in [-0.3, -0.25) is 4.90 Å². The van der Waals surface area contributed by atoms with E-state index in [2.05, 4.69) is 20.0 Å². The SMILES string of the molecule is Fc1ccc(OC[C@H]2CCOC2)c(C2CCN([C@@H]3COC4(C3)CN(c3nnco3)C4)CC2)c1. The highest BCUT2D eigenvalue weighted by Crippen LogP contribution is 2.41. The Hall–Kier alpha value is -2.23. The van der Waals surface area contributed by atoms with Gasteiger partial charge in [0.1, 0.15) is 17.2 Å². The number of halogens is 1. The van der Waals surface area contributed by atoms with Gasteiger partial charge in [0.05, 0.1) is 32.9 Å². The van der Waals surface area contributed by atoms with Crippen LogP contribution in [0.25, 0.3) is 0 Å². The normalized spacial score (nSPS) is 27.8. The first kappa shape index (κ1) is 21.3. The van der Waals surface area contributed by atoms with E-state index in [-0.39, 0.29) is 11.4 Å². The molecule has 9 heteroatoms. The second-order valence-electron chi connectivity index (χ2n) is 9.96. The molecular weight excluding hydrogens is 427 g/mol. The third-order valence-corrected chi connectivity index (χ3v) is 7.72. The van der Waals surface area contributed by atoms with Gasteiger partial charge in [0, 0.05) is 24.1 Å². The number of aromatic nitrogens is 2. The molecule has 0 N–H and O–H groups in total. The third kappa shape index (κ3) is 4.34. The predicted octanol–water partition coefficient (Wildman–Crippen LogP) is 2.85. The Balaban J connectivity index is 1.03. The molecular formula is C24H31FN4O4. The van der Waals surface area contributed by atoms with Gasteiger partial charge in [0.25, 0.3) is 0 Å². The molecule has 33 heavy (non-hydrogen) atoms. The third-order valence-electron chi connectivity index (χ3n) is 7.72. The van der Waals surface area contributed by atoms with E-state index < -0.39 is 0 Å². The summed E-state index contributed by atoms with van der Waals surface area (Å²) in [5.41, 5.74) is 0.922. The van der Waals surface area contributed by atoms with Crippen LogP contribution in [-0.2, 0) is 9.47 Å². The van der Waals surface area contributed by atoms with E-state index in [4.69, 9.17) is 18.6 Å². The molecule has 4 saturated heterocycles. The largest absolute Gasteiger partial charge is 0.493 e. The molecule has 0 amide bonds. The fraction of sp³-hybridized carbons (Fsp3) is 0.667. The van der Waals surface area contributed by atoms with Crippen LogP contribution in [0.4, 0.5) is 10.4 Å². The maximum absolute atomic E-state index is 14.1. The molecule has 178 valence electrons. The Labute approximate surface area is 193 Å². The van der Waals surface area contributed by atoms with Gasteiger partial charge in [-0.25, -0.2) is 4.39 Å². The van der Waals surface area contributed by atoms with E-state index in [0.717, 1.165) is 83.0 Å². The number of hydrogen-bond acceptors (Lipinski definition) is 8. The predicted molar refractivity (Wildman–Crippen MR) is 118 cm³/mol. The average molecular weight is 459 g/mol. The van der Waals surface area contributed by atoms with E-state index in [1.54, 1.807) is 12.1 Å². The van der Waals surface area contributed by atoms with E-state index in [1.165, 1.54) is 12.5 Å². The summed E-state index contributed by atoms with van der Waals surface area (Å²) in [6, 6.07) is 5.98. The molecule has 0 radical (unpaired) electrons. The van der Waals surface area contributed by atoms with E-state index in [0.29, 0.717) is 30.5 Å². The van der Waals surface area contributed by atoms with Gasteiger partial charge in [0.2, 0.25) is 6.39 Å². The number of hydrogen-bond donors (Lipinski definition) is 0. The van der Waals surface area contributed by atoms with Crippen LogP contribution in [0.3, 0.4) is 0 Å². The van der Waals surface area contributed by atoms with Crippen molar-refractivity contribution in [1.82, 2.24) is 15.1 Å². The first-order valence-corrected chi connectivity index (χ1v) is 12.1. The summed E-state index contributed by atoms with van der Waals surface area (Å²) in [4.78, 5) is 4.63. The molecule has 1 aromatic heterocycles. The molecule has 8 nitrogen and oxygen atoms in total. The summed E-state index contributed by atoms with van der Waals surface area (Å²) in [6.07, 6.45) is 5.43. The summed E-state index contributed by atoms with van der Waals surface area (Å²) in [7, 11) is 0. The fourth-order valence-corrected chi connectivity index (χ4v) is 5.83. The summed E-state index contributed by atoms with van der Waals surface area (Å²) in [5, 5.41) is 7.75. The van der Waals surface area contributed by atoms with Crippen molar-refractivity contribution in [3.63, 3.8) is 0 Å². The molecule has 0 bridgehead atoms. The lowest BCUT2D eigenvalue weighted by molar-refractivity contribution is -0.0216. The lowest BCUT2D eigenvalue weighted by Crippen LogP contribution is -2.62. The van der Waals surface area contributed by atoms with Crippen LogP contribution in [0.2, 0.25) is 0 Å². The number of anilines is 1.